The van der Waals surface area contributed by atoms with Crippen LogP contribution in [0.5, 0.6) is 5.75 Å². The summed E-state index contributed by atoms with van der Waals surface area (Å²) in [6, 6.07) is 12.8. The van der Waals surface area contributed by atoms with E-state index in [0.29, 0.717) is 10.6 Å². The second-order valence-electron chi connectivity index (χ2n) is 4.72. The molecule has 0 aliphatic heterocycles. The summed E-state index contributed by atoms with van der Waals surface area (Å²) in [5.41, 5.74) is 0.800. The van der Waals surface area contributed by atoms with Crippen molar-refractivity contribution in [3.05, 3.63) is 59.1 Å². The molecule has 122 valence electrons. The van der Waals surface area contributed by atoms with Crippen LogP contribution in [0.25, 0.3) is 0 Å². The topological polar surface area (TPSA) is 38.3 Å². The Morgan fingerprint density at radius 1 is 1.09 bits per heavy atom. The minimum Gasteiger partial charge on any atom is -0.482 e. The molecule has 2 rings (SSSR count). The standard InChI is InChI=1S/C16H13ClF3NO2/c17-12-6-2-1-5-11(12)9-15(22)21-13-7-3-4-8-14(13)23-10-16(18,19)20/h1-8H,9-10H2,(H,21,22). The van der Waals surface area contributed by atoms with Crippen LogP contribution in [-0.2, 0) is 11.2 Å². The molecule has 23 heavy (non-hydrogen) atoms. The summed E-state index contributed by atoms with van der Waals surface area (Å²) in [7, 11) is 0. The Hall–Kier alpha value is -2.21. The van der Waals surface area contributed by atoms with Crippen LogP contribution in [0.2, 0.25) is 5.02 Å². The highest BCUT2D eigenvalue weighted by molar-refractivity contribution is 6.31. The van der Waals surface area contributed by atoms with E-state index in [4.69, 9.17) is 16.3 Å². The number of benzene rings is 2. The first-order valence-electron chi connectivity index (χ1n) is 6.67. The summed E-state index contributed by atoms with van der Waals surface area (Å²) in [6.07, 6.45) is -4.44. The number of hydrogen-bond acceptors (Lipinski definition) is 2. The van der Waals surface area contributed by atoms with E-state index >= 15 is 0 Å². The van der Waals surface area contributed by atoms with E-state index in [1.807, 2.05) is 0 Å². The fourth-order valence-electron chi connectivity index (χ4n) is 1.86. The molecule has 0 aromatic heterocycles. The van der Waals surface area contributed by atoms with Gasteiger partial charge < -0.3 is 10.1 Å². The van der Waals surface area contributed by atoms with Gasteiger partial charge in [-0.2, -0.15) is 13.2 Å². The molecule has 0 unspecified atom stereocenters. The largest absolute Gasteiger partial charge is 0.482 e. The Balaban J connectivity index is 2.05. The average Bonchev–Trinajstić information content (AvgIpc) is 2.48. The second kappa shape index (κ2) is 7.37. The highest BCUT2D eigenvalue weighted by atomic mass is 35.5. The maximum atomic E-state index is 12.2. The summed E-state index contributed by atoms with van der Waals surface area (Å²) in [6.45, 7) is -1.43. The highest BCUT2D eigenvalue weighted by Crippen LogP contribution is 2.26. The van der Waals surface area contributed by atoms with Gasteiger partial charge in [0.15, 0.2) is 6.61 Å². The molecule has 1 amide bonds. The van der Waals surface area contributed by atoms with Crippen molar-refractivity contribution in [2.75, 3.05) is 11.9 Å². The maximum Gasteiger partial charge on any atom is 0.422 e. The van der Waals surface area contributed by atoms with Crippen molar-refractivity contribution >= 4 is 23.2 Å². The van der Waals surface area contributed by atoms with E-state index in [-0.39, 0.29) is 17.9 Å². The molecule has 1 N–H and O–H groups in total. The molecule has 0 fully saturated rings. The third-order valence-corrected chi connectivity index (χ3v) is 3.23. The minimum absolute atomic E-state index is 0.00722. The molecule has 2 aromatic carbocycles. The van der Waals surface area contributed by atoms with E-state index in [1.54, 1.807) is 30.3 Å². The number of rotatable bonds is 5. The molecule has 0 spiro atoms. The fourth-order valence-corrected chi connectivity index (χ4v) is 2.07. The molecule has 0 radical (unpaired) electrons. The number of alkyl halides is 3. The number of anilines is 1. The van der Waals surface area contributed by atoms with Crippen molar-refractivity contribution in [1.29, 1.82) is 0 Å². The Morgan fingerprint density at radius 3 is 2.43 bits per heavy atom. The number of carbonyl (C=O) groups excluding carboxylic acids is 1. The molecule has 0 aliphatic rings. The van der Waals surface area contributed by atoms with Crippen molar-refractivity contribution in [2.24, 2.45) is 0 Å². The van der Waals surface area contributed by atoms with E-state index in [0.717, 1.165) is 0 Å². The van der Waals surface area contributed by atoms with Gasteiger partial charge in [0.1, 0.15) is 5.75 Å². The lowest BCUT2D eigenvalue weighted by Crippen LogP contribution is -2.20. The number of halogens is 4. The molecule has 7 heteroatoms. The van der Waals surface area contributed by atoms with Gasteiger partial charge in [0.2, 0.25) is 5.91 Å². The molecule has 2 aromatic rings. The van der Waals surface area contributed by atoms with Gasteiger partial charge in [-0.15, -0.1) is 0 Å². The molecule has 0 saturated heterocycles. The zero-order valence-electron chi connectivity index (χ0n) is 11.9. The van der Waals surface area contributed by atoms with Gasteiger partial charge in [-0.1, -0.05) is 41.9 Å². The summed E-state index contributed by atoms with van der Waals surface area (Å²) < 4.78 is 41.4. The summed E-state index contributed by atoms with van der Waals surface area (Å²) in [4.78, 5) is 12.0. The summed E-state index contributed by atoms with van der Waals surface area (Å²) in [5, 5.41) is 2.98. The second-order valence-corrected chi connectivity index (χ2v) is 5.12. The smallest absolute Gasteiger partial charge is 0.422 e. The number of amides is 1. The van der Waals surface area contributed by atoms with Gasteiger partial charge in [0.05, 0.1) is 12.1 Å². The van der Waals surface area contributed by atoms with Crippen LogP contribution < -0.4 is 10.1 Å². The Bertz CT molecular complexity index is 689. The predicted octanol–water partition coefficient (Wildman–Crippen LogP) is 4.46. The summed E-state index contributed by atoms with van der Waals surface area (Å²) >= 11 is 5.97. The number of ether oxygens (including phenoxy) is 1. The Morgan fingerprint density at radius 2 is 1.74 bits per heavy atom. The van der Waals surface area contributed by atoms with Crippen LogP contribution >= 0.6 is 11.6 Å². The lowest BCUT2D eigenvalue weighted by Gasteiger charge is -2.14. The number of nitrogens with one attached hydrogen (secondary N) is 1. The molecule has 3 nitrogen and oxygen atoms in total. The number of hydrogen-bond donors (Lipinski definition) is 1. The van der Waals surface area contributed by atoms with Crippen molar-refractivity contribution in [2.45, 2.75) is 12.6 Å². The van der Waals surface area contributed by atoms with Crippen molar-refractivity contribution in [3.8, 4) is 5.75 Å². The predicted molar refractivity (Wildman–Crippen MR) is 81.8 cm³/mol. The lowest BCUT2D eigenvalue weighted by atomic mass is 10.1. The van der Waals surface area contributed by atoms with Crippen LogP contribution in [0.1, 0.15) is 5.56 Å². The third kappa shape index (κ3) is 5.49. The van der Waals surface area contributed by atoms with Crippen molar-refractivity contribution in [3.63, 3.8) is 0 Å². The Labute approximate surface area is 136 Å². The monoisotopic (exact) mass is 343 g/mol. The number of carbonyl (C=O) groups is 1. The van der Waals surface area contributed by atoms with Crippen molar-refractivity contribution < 1.29 is 22.7 Å². The fraction of sp³-hybridized carbons (Fsp3) is 0.188. The SMILES string of the molecule is O=C(Cc1ccccc1Cl)Nc1ccccc1OCC(F)(F)F. The normalized spacial score (nSPS) is 11.1. The molecule has 0 saturated carbocycles. The van der Waals surface area contributed by atoms with Crippen molar-refractivity contribution in [1.82, 2.24) is 0 Å². The minimum atomic E-state index is -4.45. The summed E-state index contributed by atoms with van der Waals surface area (Å²) in [5.74, 6) is -0.446. The first kappa shape index (κ1) is 17.1. The van der Waals surface area contributed by atoms with Gasteiger partial charge in [-0.3, -0.25) is 4.79 Å². The van der Waals surface area contributed by atoms with Crippen LogP contribution in [0.4, 0.5) is 18.9 Å². The van der Waals surface area contributed by atoms with E-state index < -0.39 is 18.7 Å². The molecule has 0 heterocycles. The molecule has 0 aliphatic carbocycles. The van der Waals surface area contributed by atoms with Crippen LogP contribution in [0.15, 0.2) is 48.5 Å². The van der Waals surface area contributed by atoms with Crippen LogP contribution in [-0.4, -0.2) is 18.7 Å². The van der Waals surface area contributed by atoms with Gasteiger partial charge in [0, 0.05) is 5.02 Å². The molecule has 0 bridgehead atoms. The highest BCUT2D eigenvalue weighted by Gasteiger charge is 2.28. The Kier molecular flexibility index (Phi) is 5.50. The molecule has 0 atom stereocenters. The lowest BCUT2D eigenvalue weighted by molar-refractivity contribution is -0.153. The van der Waals surface area contributed by atoms with E-state index in [9.17, 15) is 18.0 Å². The molecular weight excluding hydrogens is 331 g/mol. The van der Waals surface area contributed by atoms with Gasteiger partial charge in [0.25, 0.3) is 0 Å². The van der Waals surface area contributed by atoms with E-state index in [1.165, 1.54) is 18.2 Å². The zero-order chi connectivity index (χ0) is 16.9. The van der Waals surface area contributed by atoms with Gasteiger partial charge >= 0.3 is 6.18 Å². The zero-order valence-corrected chi connectivity index (χ0v) is 12.6. The van der Waals surface area contributed by atoms with Crippen LogP contribution in [0, 0.1) is 0 Å². The average molecular weight is 344 g/mol. The maximum absolute atomic E-state index is 12.2. The first-order chi connectivity index (χ1) is 10.8. The molecular formula is C16H13ClF3NO2. The van der Waals surface area contributed by atoms with Crippen LogP contribution in [0.3, 0.4) is 0 Å². The third-order valence-electron chi connectivity index (χ3n) is 2.86. The quantitative estimate of drug-likeness (QED) is 0.870. The number of para-hydroxylation sites is 2. The van der Waals surface area contributed by atoms with Gasteiger partial charge in [-0.25, -0.2) is 0 Å². The van der Waals surface area contributed by atoms with Gasteiger partial charge in [-0.05, 0) is 23.8 Å². The first-order valence-corrected chi connectivity index (χ1v) is 7.05. The van der Waals surface area contributed by atoms with E-state index in [2.05, 4.69) is 5.32 Å².